The summed E-state index contributed by atoms with van der Waals surface area (Å²) in [6.45, 7) is 1.44. The Morgan fingerprint density at radius 3 is 2.80 bits per heavy atom. The van der Waals surface area contributed by atoms with Crippen LogP contribution in [0.15, 0.2) is 67.0 Å². The molecular weight excluding hydrogens is 400 g/mol. The van der Waals surface area contributed by atoms with Crippen molar-refractivity contribution in [1.82, 2.24) is 25.3 Å². The maximum atomic E-state index is 12.2. The molecule has 0 bridgehead atoms. The van der Waals surface area contributed by atoms with E-state index in [2.05, 4.69) is 25.9 Å². The molecule has 4 rings (SSSR count). The van der Waals surface area contributed by atoms with Crippen LogP contribution in [-0.4, -0.2) is 39.0 Å². The summed E-state index contributed by atoms with van der Waals surface area (Å²) in [6, 6.07) is 17.3. The summed E-state index contributed by atoms with van der Waals surface area (Å²) in [5, 5.41) is 16.1. The molecule has 0 radical (unpaired) electrons. The second kappa shape index (κ2) is 9.37. The molecule has 0 saturated heterocycles. The van der Waals surface area contributed by atoms with E-state index in [9.17, 15) is 4.79 Å². The number of anilines is 1. The quantitative estimate of drug-likeness (QED) is 0.424. The van der Waals surface area contributed by atoms with Crippen molar-refractivity contribution < 1.29 is 4.79 Å². The van der Waals surface area contributed by atoms with Gasteiger partial charge in [0.2, 0.25) is 5.91 Å². The molecule has 0 atom stereocenters. The predicted octanol–water partition coefficient (Wildman–Crippen LogP) is 3.77. The summed E-state index contributed by atoms with van der Waals surface area (Å²) in [4.78, 5) is 16.5. The summed E-state index contributed by atoms with van der Waals surface area (Å²) >= 11 is 6.03. The molecule has 2 N–H and O–H groups in total. The third-order valence-corrected chi connectivity index (χ3v) is 4.84. The number of nitrogens with zero attached hydrogens (tertiary/aromatic N) is 4. The van der Waals surface area contributed by atoms with Gasteiger partial charge in [-0.2, -0.15) is 0 Å². The van der Waals surface area contributed by atoms with Crippen molar-refractivity contribution in [3.8, 4) is 11.3 Å². The molecule has 0 aliphatic heterocycles. The van der Waals surface area contributed by atoms with Crippen LogP contribution >= 0.6 is 11.6 Å². The number of hydrogen-bond acceptors (Lipinski definition) is 5. The first-order valence-electron chi connectivity index (χ1n) is 9.69. The first kappa shape index (κ1) is 19.8. The molecule has 0 spiro atoms. The summed E-state index contributed by atoms with van der Waals surface area (Å²) in [6.07, 6.45) is 4.32. The van der Waals surface area contributed by atoms with Gasteiger partial charge >= 0.3 is 0 Å². The van der Waals surface area contributed by atoms with Crippen LogP contribution in [0.4, 0.5) is 5.69 Å². The van der Waals surface area contributed by atoms with Gasteiger partial charge in [0.15, 0.2) is 0 Å². The average molecular weight is 421 g/mol. The number of carbonyl (C=O) groups is 1. The zero-order valence-electron chi connectivity index (χ0n) is 16.3. The van der Waals surface area contributed by atoms with Gasteiger partial charge in [-0.15, -0.1) is 5.10 Å². The Bertz CT molecular complexity index is 1140. The highest BCUT2D eigenvalue weighted by molar-refractivity contribution is 6.31. The number of amides is 1. The molecule has 0 saturated carbocycles. The number of fused-ring (bicyclic) bond motifs is 1. The van der Waals surface area contributed by atoms with E-state index in [1.165, 1.54) is 0 Å². The van der Waals surface area contributed by atoms with E-state index >= 15 is 0 Å². The van der Waals surface area contributed by atoms with Crippen molar-refractivity contribution in [3.05, 3.63) is 72.0 Å². The molecular formula is C22H21ClN6O. The lowest BCUT2D eigenvalue weighted by atomic mass is 10.2. The van der Waals surface area contributed by atoms with Gasteiger partial charge in [-0.25, -0.2) is 4.68 Å². The highest BCUT2D eigenvalue weighted by Crippen LogP contribution is 2.24. The first-order chi connectivity index (χ1) is 14.7. The average Bonchev–Trinajstić information content (AvgIpc) is 3.22. The minimum atomic E-state index is -0.0940. The van der Waals surface area contributed by atoms with Crippen molar-refractivity contribution in [1.29, 1.82) is 0 Å². The van der Waals surface area contributed by atoms with Crippen molar-refractivity contribution in [2.24, 2.45) is 0 Å². The highest BCUT2D eigenvalue weighted by Gasteiger charge is 2.07. The molecule has 2 aromatic heterocycles. The van der Waals surface area contributed by atoms with Crippen molar-refractivity contribution in [2.45, 2.75) is 13.0 Å². The second-order valence-electron chi connectivity index (χ2n) is 6.82. The number of carbonyl (C=O) groups excluding carboxylic acids is 1. The fourth-order valence-electron chi connectivity index (χ4n) is 3.13. The number of pyridine rings is 1. The minimum Gasteiger partial charge on any atom is -0.384 e. The number of aromatic nitrogens is 4. The molecule has 7 nitrogen and oxygen atoms in total. The van der Waals surface area contributed by atoms with E-state index in [-0.39, 0.29) is 12.5 Å². The topological polar surface area (TPSA) is 84.7 Å². The molecule has 0 aliphatic rings. The monoisotopic (exact) mass is 420 g/mol. The molecule has 4 aromatic rings. The molecule has 152 valence electrons. The predicted molar refractivity (Wildman–Crippen MR) is 118 cm³/mol. The van der Waals surface area contributed by atoms with E-state index in [0.717, 1.165) is 40.8 Å². The number of nitrogens with one attached hydrogen (secondary N) is 2. The van der Waals surface area contributed by atoms with E-state index in [0.29, 0.717) is 11.6 Å². The number of hydrogen-bond donors (Lipinski definition) is 2. The van der Waals surface area contributed by atoms with Crippen LogP contribution in [0.5, 0.6) is 0 Å². The third kappa shape index (κ3) is 4.93. The van der Waals surface area contributed by atoms with Gasteiger partial charge in [-0.05, 0) is 30.7 Å². The van der Waals surface area contributed by atoms with E-state index in [4.69, 9.17) is 11.6 Å². The van der Waals surface area contributed by atoms with Crippen LogP contribution in [0.2, 0.25) is 5.02 Å². The summed E-state index contributed by atoms with van der Waals surface area (Å²) in [5.74, 6) is -0.0940. The first-order valence-corrected chi connectivity index (χ1v) is 10.1. The molecule has 8 heteroatoms. The van der Waals surface area contributed by atoms with Crippen molar-refractivity contribution in [2.75, 3.05) is 18.4 Å². The van der Waals surface area contributed by atoms with Crippen molar-refractivity contribution >= 4 is 34.1 Å². The number of halogens is 1. The fourth-order valence-corrected chi connectivity index (χ4v) is 3.30. The Labute approximate surface area is 179 Å². The van der Waals surface area contributed by atoms with E-state index in [1.807, 2.05) is 54.6 Å². The lowest BCUT2D eigenvalue weighted by Gasteiger charge is -2.10. The van der Waals surface area contributed by atoms with Crippen LogP contribution in [0.1, 0.15) is 6.42 Å². The summed E-state index contributed by atoms with van der Waals surface area (Å²) in [5.41, 5.74) is 3.57. The zero-order valence-corrected chi connectivity index (χ0v) is 17.0. The maximum Gasteiger partial charge on any atom is 0.241 e. The summed E-state index contributed by atoms with van der Waals surface area (Å²) in [7, 11) is 0. The molecule has 2 heterocycles. The van der Waals surface area contributed by atoms with Crippen LogP contribution in [-0.2, 0) is 11.3 Å². The zero-order chi connectivity index (χ0) is 20.8. The molecule has 30 heavy (non-hydrogen) atoms. The Morgan fingerprint density at radius 2 is 1.93 bits per heavy atom. The Hall–Kier alpha value is -3.45. The van der Waals surface area contributed by atoms with Crippen molar-refractivity contribution in [3.63, 3.8) is 0 Å². The third-order valence-electron chi connectivity index (χ3n) is 4.61. The fraction of sp³-hybridized carbons (Fsp3) is 0.182. The van der Waals surface area contributed by atoms with Gasteiger partial charge in [-0.3, -0.25) is 9.78 Å². The Morgan fingerprint density at radius 1 is 1.07 bits per heavy atom. The van der Waals surface area contributed by atoms with E-state index in [1.54, 1.807) is 17.1 Å². The molecule has 0 fully saturated rings. The van der Waals surface area contributed by atoms with Gasteiger partial charge in [0.25, 0.3) is 0 Å². The number of benzene rings is 2. The maximum absolute atomic E-state index is 12.2. The van der Waals surface area contributed by atoms with Gasteiger partial charge in [0.1, 0.15) is 12.2 Å². The van der Waals surface area contributed by atoms with Gasteiger partial charge < -0.3 is 10.6 Å². The Kier molecular flexibility index (Phi) is 6.20. The van der Waals surface area contributed by atoms with Crippen LogP contribution < -0.4 is 10.6 Å². The minimum absolute atomic E-state index is 0.0940. The lowest BCUT2D eigenvalue weighted by Crippen LogP contribution is -2.29. The molecule has 0 aliphatic carbocycles. The second-order valence-corrected chi connectivity index (χ2v) is 7.25. The molecule has 2 aromatic carbocycles. The lowest BCUT2D eigenvalue weighted by molar-refractivity contribution is -0.121. The standard InChI is InChI=1S/C22H21ClN6O/c23-17-7-8-18-19(9-12-25-20(18)13-17)24-10-4-11-26-22(30)15-29-14-21(27-28-29)16-5-2-1-3-6-16/h1-3,5-9,12-14H,4,10-11,15H2,(H,24,25)(H,26,30). The summed E-state index contributed by atoms with van der Waals surface area (Å²) < 4.78 is 1.55. The van der Waals surface area contributed by atoms with E-state index < -0.39 is 0 Å². The SMILES string of the molecule is O=C(Cn1cc(-c2ccccc2)nn1)NCCCNc1ccnc2cc(Cl)ccc12. The Balaban J connectivity index is 1.22. The van der Waals surface area contributed by atoms with Crippen LogP contribution in [0, 0.1) is 0 Å². The molecule has 1 amide bonds. The largest absolute Gasteiger partial charge is 0.384 e. The molecule has 0 unspecified atom stereocenters. The number of rotatable bonds is 8. The smallest absolute Gasteiger partial charge is 0.241 e. The van der Waals surface area contributed by atoms with Gasteiger partial charge in [0.05, 0.1) is 11.7 Å². The van der Waals surface area contributed by atoms with Crippen LogP contribution in [0.3, 0.4) is 0 Å². The van der Waals surface area contributed by atoms with Gasteiger partial charge in [0, 0.05) is 40.9 Å². The van der Waals surface area contributed by atoms with Gasteiger partial charge in [-0.1, -0.05) is 47.1 Å². The highest BCUT2D eigenvalue weighted by atomic mass is 35.5. The normalized spacial score (nSPS) is 10.8. The van der Waals surface area contributed by atoms with Crippen LogP contribution in [0.25, 0.3) is 22.2 Å².